The Hall–Kier alpha value is -0.530. The molecule has 2 saturated carbocycles. The smallest absolute Gasteiger partial charge is 0.217 e. The van der Waals surface area contributed by atoms with Crippen LogP contribution in [0.3, 0.4) is 0 Å². The molecule has 1 amide bonds. The molecule has 2 heteroatoms. The number of rotatable bonds is 3. The monoisotopic (exact) mass is 223 g/mol. The lowest BCUT2D eigenvalue weighted by Gasteiger charge is -2.35. The number of primary amides is 1. The van der Waals surface area contributed by atoms with Crippen LogP contribution < -0.4 is 5.73 Å². The van der Waals surface area contributed by atoms with E-state index in [4.69, 9.17) is 5.73 Å². The van der Waals surface area contributed by atoms with Gasteiger partial charge in [0.1, 0.15) is 0 Å². The molecule has 2 aliphatic rings. The summed E-state index contributed by atoms with van der Waals surface area (Å²) in [5, 5.41) is 0. The van der Waals surface area contributed by atoms with E-state index >= 15 is 0 Å². The summed E-state index contributed by atoms with van der Waals surface area (Å²) >= 11 is 0. The van der Waals surface area contributed by atoms with Crippen LogP contribution in [-0.2, 0) is 4.79 Å². The number of amides is 1. The van der Waals surface area contributed by atoms with Crippen molar-refractivity contribution in [3.8, 4) is 0 Å². The fraction of sp³-hybridized carbons (Fsp3) is 0.929. The van der Waals surface area contributed by atoms with E-state index in [2.05, 4.69) is 0 Å². The first kappa shape index (κ1) is 11.9. The summed E-state index contributed by atoms with van der Waals surface area (Å²) < 4.78 is 0. The molecular formula is C14H25NO. The SMILES string of the molecule is NC(=O)CC1CCC(C2CCCCC2)CC1. The van der Waals surface area contributed by atoms with Gasteiger partial charge in [-0.25, -0.2) is 0 Å². The van der Waals surface area contributed by atoms with E-state index in [0.717, 1.165) is 11.8 Å². The number of carbonyl (C=O) groups is 1. The van der Waals surface area contributed by atoms with Gasteiger partial charge >= 0.3 is 0 Å². The van der Waals surface area contributed by atoms with Crippen molar-refractivity contribution in [3.63, 3.8) is 0 Å². The second-order valence-corrected chi connectivity index (χ2v) is 5.85. The third-order valence-corrected chi connectivity index (χ3v) is 4.70. The molecule has 0 aromatic heterocycles. The molecule has 0 aliphatic heterocycles. The number of nitrogens with two attached hydrogens (primary N) is 1. The summed E-state index contributed by atoms with van der Waals surface area (Å²) in [6, 6.07) is 0. The van der Waals surface area contributed by atoms with Gasteiger partial charge in [0.25, 0.3) is 0 Å². The first-order chi connectivity index (χ1) is 7.75. The zero-order chi connectivity index (χ0) is 11.4. The van der Waals surface area contributed by atoms with Crippen LogP contribution in [0.4, 0.5) is 0 Å². The molecule has 0 aromatic rings. The fourth-order valence-electron chi connectivity index (χ4n) is 3.75. The number of hydrogen-bond donors (Lipinski definition) is 1. The minimum absolute atomic E-state index is 0.110. The lowest BCUT2D eigenvalue weighted by atomic mass is 9.70. The van der Waals surface area contributed by atoms with Gasteiger partial charge in [0.15, 0.2) is 0 Å². The van der Waals surface area contributed by atoms with Crippen molar-refractivity contribution in [2.45, 2.75) is 64.2 Å². The van der Waals surface area contributed by atoms with Crippen LogP contribution >= 0.6 is 0 Å². The first-order valence-corrected chi connectivity index (χ1v) is 7.04. The van der Waals surface area contributed by atoms with E-state index in [9.17, 15) is 4.79 Å². The van der Waals surface area contributed by atoms with Crippen LogP contribution in [0, 0.1) is 17.8 Å². The molecule has 0 aromatic carbocycles. The second kappa shape index (κ2) is 5.70. The van der Waals surface area contributed by atoms with Crippen LogP contribution in [0.2, 0.25) is 0 Å². The van der Waals surface area contributed by atoms with Gasteiger partial charge in [-0.3, -0.25) is 4.79 Å². The summed E-state index contributed by atoms with van der Waals surface area (Å²) in [4.78, 5) is 10.9. The predicted molar refractivity (Wildman–Crippen MR) is 65.8 cm³/mol. The molecule has 92 valence electrons. The highest BCUT2D eigenvalue weighted by Crippen LogP contribution is 2.40. The number of carbonyl (C=O) groups excluding carboxylic acids is 1. The zero-order valence-corrected chi connectivity index (χ0v) is 10.3. The molecule has 0 radical (unpaired) electrons. The summed E-state index contributed by atoms with van der Waals surface area (Å²) in [5.74, 6) is 2.45. The fourth-order valence-corrected chi connectivity index (χ4v) is 3.75. The quantitative estimate of drug-likeness (QED) is 0.784. The molecule has 0 heterocycles. The zero-order valence-electron chi connectivity index (χ0n) is 10.3. The van der Waals surface area contributed by atoms with Crippen LogP contribution in [0.5, 0.6) is 0 Å². The van der Waals surface area contributed by atoms with Gasteiger partial charge in [0.05, 0.1) is 0 Å². The van der Waals surface area contributed by atoms with Crippen molar-refractivity contribution in [1.82, 2.24) is 0 Å². The van der Waals surface area contributed by atoms with Gasteiger partial charge < -0.3 is 5.73 Å². The normalized spacial score (nSPS) is 32.5. The lowest BCUT2D eigenvalue weighted by Crippen LogP contribution is -2.25. The molecule has 0 atom stereocenters. The van der Waals surface area contributed by atoms with Crippen molar-refractivity contribution < 1.29 is 4.79 Å². The highest BCUT2D eigenvalue weighted by molar-refractivity contribution is 5.73. The summed E-state index contributed by atoms with van der Waals surface area (Å²) in [6.07, 6.45) is 13.1. The number of hydrogen-bond acceptors (Lipinski definition) is 1. The van der Waals surface area contributed by atoms with E-state index in [-0.39, 0.29) is 5.91 Å². The molecule has 2 rings (SSSR count). The average molecular weight is 223 g/mol. The highest BCUT2D eigenvalue weighted by Gasteiger charge is 2.28. The van der Waals surface area contributed by atoms with Gasteiger partial charge in [-0.2, -0.15) is 0 Å². The maximum atomic E-state index is 10.9. The topological polar surface area (TPSA) is 43.1 Å². The molecule has 0 unspecified atom stereocenters. The molecule has 2 nitrogen and oxygen atoms in total. The summed E-state index contributed by atoms with van der Waals surface area (Å²) in [5.41, 5.74) is 5.26. The Kier molecular flexibility index (Phi) is 4.25. The average Bonchev–Trinajstić information content (AvgIpc) is 2.30. The Morgan fingerprint density at radius 3 is 2.00 bits per heavy atom. The largest absolute Gasteiger partial charge is 0.370 e. The molecular weight excluding hydrogens is 198 g/mol. The Morgan fingerprint density at radius 1 is 0.875 bits per heavy atom. The minimum Gasteiger partial charge on any atom is -0.370 e. The van der Waals surface area contributed by atoms with Crippen molar-refractivity contribution in [3.05, 3.63) is 0 Å². The van der Waals surface area contributed by atoms with Crippen LogP contribution in [0.1, 0.15) is 64.2 Å². The lowest BCUT2D eigenvalue weighted by molar-refractivity contribution is -0.119. The van der Waals surface area contributed by atoms with Crippen LogP contribution in [0.25, 0.3) is 0 Å². The molecule has 0 saturated heterocycles. The third kappa shape index (κ3) is 3.23. The Bertz CT molecular complexity index is 225. The van der Waals surface area contributed by atoms with Gasteiger partial charge in [0, 0.05) is 6.42 Å². The van der Waals surface area contributed by atoms with Gasteiger partial charge in [-0.15, -0.1) is 0 Å². The van der Waals surface area contributed by atoms with Gasteiger partial charge in [-0.1, -0.05) is 32.1 Å². The van der Waals surface area contributed by atoms with Crippen molar-refractivity contribution >= 4 is 5.91 Å². The Balaban J connectivity index is 1.73. The van der Waals surface area contributed by atoms with E-state index in [1.54, 1.807) is 0 Å². The van der Waals surface area contributed by atoms with Crippen LogP contribution in [-0.4, -0.2) is 5.91 Å². The van der Waals surface area contributed by atoms with Crippen molar-refractivity contribution in [2.75, 3.05) is 0 Å². The second-order valence-electron chi connectivity index (χ2n) is 5.85. The minimum atomic E-state index is -0.110. The van der Waals surface area contributed by atoms with E-state index in [1.807, 2.05) is 0 Å². The first-order valence-electron chi connectivity index (χ1n) is 7.04. The van der Waals surface area contributed by atoms with Crippen LogP contribution in [0.15, 0.2) is 0 Å². The van der Waals surface area contributed by atoms with Gasteiger partial charge in [-0.05, 0) is 43.4 Å². The van der Waals surface area contributed by atoms with Crippen molar-refractivity contribution in [2.24, 2.45) is 23.5 Å². The molecule has 2 aliphatic carbocycles. The van der Waals surface area contributed by atoms with Crippen molar-refractivity contribution in [1.29, 1.82) is 0 Å². The highest BCUT2D eigenvalue weighted by atomic mass is 16.1. The molecule has 2 N–H and O–H groups in total. The maximum absolute atomic E-state index is 10.9. The Morgan fingerprint density at radius 2 is 1.44 bits per heavy atom. The molecule has 0 bridgehead atoms. The third-order valence-electron chi connectivity index (χ3n) is 4.70. The summed E-state index contributed by atoms with van der Waals surface area (Å²) in [7, 11) is 0. The van der Waals surface area contributed by atoms with E-state index < -0.39 is 0 Å². The molecule has 2 fully saturated rings. The van der Waals surface area contributed by atoms with E-state index in [1.165, 1.54) is 57.8 Å². The molecule has 0 spiro atoms. The van der Waals surface area contributed by atoms with Gasteiger partial charge in [0.2, 0.25) is 5.91 Å². The molecule has 16 heavy (non-hydrogen) atoms. The Labute approximate surface area is 99.0 Å². The van der Waals surface area contributed by atoms with E-state index in [0.29, 0.717) is 12.3 Å². The summed E-state index contributed by atoms with van der Waals surface area (Å²) in [6.45, 7) is 0. The maximum Gasteiger partial charge on any atom is 0.217 e. The standard InChI is InChI=1S/C14H25NO/c15-14(16)10-11-6-8-13(9-7-11)12-4-2-1-3-5-12/h11-13H,1-10H2,(H2,15,16). The predicted octanol–water partition coefficient (Wildman–Crippen LogP) is 3.25.